The molecule has 0 radical (unpaired) electrons. The maximum Gasteiger partial charge on any atom is 0.407 e. The van der Waals surface area contributed by atoms with Crippen LogP contribution in [-0.4, -0.2) is 29.3 Å². The highest BCUT2D eigenvalue weighted by Crippen LogP contribution is 2.55. The van der Waals surface area contributed by atoms with Gasteiger partial charge in [0.05, 0.1) is 5.41 Å². The van der Waals surface area contributed by atoms with Crippen LogP contribution in [0.2, 0.25) is 0 Å². The first-order valence-electron chi connectivity index (χ1n) is 6.92. The second kappa shape index (κ2) is 4.69. The lowest BCUT2D eigenvalue weighted by Crippen LogP contribution is -2.52. The molecule has 0 bridgehead atoms. The molecular weight excluding hydrogens is 246 g/mol. The Labute approximate surface area is 113 Å². The molecule has 2 N–H and O–H groups in total. The van der Waals surface area contributed by atoms with E-state index in [4.69, 9.17) is 4.74 Å². The Kier molecular flexibility index (Phi) is 3.49. The van der Waals surface area contributed by atoms with Crippen molar-refractivity contribution in [1.82, 2.24) is 5.32 Å². The molecule has 108 valence electrons. The minimum absolute atomic E-state index is 0.167. The number of alkyl carbamates (subject to hydrolysis) is 1. The molecule has 0 aliphatic heterocycles. The van der Waals surface area contributed by atoms with Gasteiger partial charge in [-0.15, -0.1) is 0 Å². The molecule has 0 spiro atoms. The summed E-state index contributed by atoms with van der Waals surface area (Å²) in [7, 11) is 0. The van der Waals surface area contributed by atoms with Gasteiger partial charge in [-0.2, -0.15) is 0 Å². The van der Waals surface area contributed by atoms with E-state index in [0.29, 0.717) is 18.8 Å². The molecule has 0 aromatic heterocycles. The molecule has 2 fully saturated rings. The van der Waals surface area contributed by atoms with Crippen LogP contribution in [-0.2, 0) is 9.53 Å². The third kappa shape index (κ3) is 3.39. The molecular formula is C14H23NO4. The van der Waals surface area contributed by atoms with E-state index >= 15 is 0 Å². The maximum absolute atomic E-state index is 11.6. The fraction of sp³-hybridized carbons (Fsp3) is 0.857. The number of ether oxygens (including phenoxy) is 1. The van der Waals surface area contributed by atoms with Crippen LogP contribution in [0.25, 0.3) is 0 Å². The van der Waals surface area contributed by atoms with Crippen molar-refractivity contribution in [2.24, 2.45) is 17.3 Å². The summed E-state index contributed by atoms with van der Waals surface area (Å²) in [5.41, 5.74) is -1.33. The molecule has 2 aliphatic carbocycles. The maximum atomic E-state index is 11.6. The number of rotatable bonds is 4. The summed E-state index contributed by atoms with van der Waals surface area (Å²) in [5.74, 6) is 0.464. The fourth-order valence-electron chi connectivity index (χ4n) is 2.80. The second-order valence-corrected chi connectivity index (χ2v) is 6.95. The van der Waals surface area contributed by atoms with Crippen molar-refractivity contribution in [2.45, 2.75) is 52.1 Å². The van der Waals surface area contributed by atoms with Crippen molar-refractivity contribution in [1.29, 1.82) is 0 Å². The highest BCUT2D eigenvalue weighted by molar-refractivity contribution is 5.77. The molecule has 2 aliphatic rings. The molecule has 0 atom stereocenters. The van der Waals surface area contributed by atoms with Crippen LogP contribution in [0.3, 0.4) is 0 Å². The van der Waals surface area contributed by atoms with Crippen molar-refractivity contribution in [3.8, 4) is 0 Å². The van der Waals surface area contributed by atoms with Gasteiger partial charge in [-0.25, -0.2) is 4.79 Å². The predicted molar refractivity (Wildman–Crippen MR) is 69.8 cm³/mol. The van der Waals surface area contributed by atoms with Crippen LogP contribution < -0.4 is 5.32 Å². The quantitative estimate of drug-likeness (QED) is 0.821. The lowest BCUT2D eigenvalue weighted by molar-refractivity contribution is -0.158. The van der Waals surface area contributed by atoms with E-state index in [-0.39, 0.29) is 6.54 Å². The van der Waals surface area contributed by atoms with Gasteiger partial charge in [0.2, 0.25) is 0 Å². The van der Waals surface area contributed by atoms with Gasteiger partial charge in [-0.1, -0.05) is 0 Å². The lowest BCUT2D eigenvalue weighted by atomic mass is 9.60. The topological polar surface area (TPSA) is 75.6 Å². The SMILES string of the molecule is CC(C)(C)OC(=O)NCC1(C(=O)O)CC(C2CC2)C1. The number of amides is 1. The van der Waals surface area contributed by atoms with Gasteiger partial charge in [0, 0.05) is 6.54 Å². The number of carbonyl (C=O) groups excluding carboxylic acids is 1. The zero-order valence-corrected chi connectivity index (χ0v) is 11.9. The molecule has 2 rings (SSSR count). The Balaban J connectivity index is 1.82. The van der Waals surface area contributed by atoms with E-state index < -0.39 is 23.1 Å². The third-order valence-corrected chi connectivity index (χ3v) is 4.02. The van der Waals surface area contributed by atoms with Gasteiger partial charge in [-0.05, 0) is 58.3 Å². The van der Waals surface area contributed by atoms with Gasteiger partial charge >= 0.3 is 12.1 Å². The molecule has 0 aromatic rings. The van der Waals surface area contributed by atoms with Crippen molar-refractivity contribution >= 4 is 12.1 Å². The van der Waals surface area contributed by atoms with E-state index in [1.807, 2.05) is 0 Å². The number of nitrogens with one attached hydrogen (secondary N) is 1. The van der Waals surface area contributed by atoms with Crippen LogP contribution in [0, 0.1) is 17.3 Å². The summed E-state index contributed by atoms with van der Waals surface area (Å²) in [6, 6.07) is 0. The van der Waals surface area contributed by atoms with Gasteiger partial charge in [0.1, 0.15) is 5.60 Å². The molecule has 0 unspecified atom stereocenters. The Hall–Kier alpha value is -1.26. The van der Waals surface area contributed by atoms with Crippen molar-refractivity contribution in [3.63, 3.8) is 0 Å². The molecule has 2 saturated carbocycles. The van der Waals surface area contributed by atoms with E-state index in [9.17, 15) is 14.7 Å². The molecule has 5 nitrogen and oxygen atoms in total. The number of hydrogen-bond acceptors (Lipinski definition) is 3. The Morgan fingerprint density at radius 1 is 1.26 bits per heavy atom. The van der Waals surface area contributed by atoms with Gasteiger partial charge < -0.3 is 15.2 Å². The first kappa shape index (κ1) is 14.2. The standard InChI is InChI=1S/C14H23NO4/c1-13(2,3)19-12(18)15-8-14(11(16)17)6-10(7-14)9-4-5-9/h9-10H,4-8H2,1-3H3,(H,15,18)(H,16,17). The summed E-state index contributed by atoms with van der Waals surface area (Å²) in [4.78, 5) is 23.0. The van der Waals surface area contributed by atoms with Gasteiger partial charge in [0.25, 0.3) is 0 Å². The van der Waals surface area contributed by atoms with Gasteiger partial charge in [-0.3, -0.25) is 4.79 Å². The number of carboxylic acids is 1. The second-order valence-electron chi connectivity index (χ2n) is 6.95. The average molecular weight is 269 g/mol. The zero-order chi connectivity index (χ0) is 14.3. The summed E-state index contributed by atoms with van der Waals surface area (Å²) in [6.07, 6.45) is 3.30. The Morgan fingerprint density at radius 2 is 1.84 bits per heavy atom. The largest absolute Gasteiger partial charge is 0.481 e. The summed E-state index contributed by atoms with van der Waals surface area (Å²) in [6.45, 7) is 5.52. The minimum atomic E-state index is -0.805. The van der Waals surface area contributed by atoms with E-state index in [2.05, 4.69) is 5.32 Å². The first-order chi connectivity index (χ1) is 8.72. The highest BCUT2D eigenvalue weighted by Gasteiger charge is 2.54. The number of hydrogen-bond donors (Lipinski definition) is 2. The average Bonchev–Trinajstić information content (AvgIpc) is 2.96. The fourth-order valence-corrected chi connectivity index (χ4v) is 2.80. The summed E-state index contributed by atoms with van der Waals surface area (Å²) >= 11 is 0. The summed E-state index contributed by atoms with van der Waals surface area (Å²) < 4.78 is 5.13. The molecule has 0 aromatic carbocycles. The molecule has 19 heavy (non-hydrogen) atoms. The number of carboxylic acid groups (broad SMARTS) is 1. The van der Waals surface area contributed by atoms with Crippen LogP contribution >= 0.6 is 0 Å². The van der Waals surface area contributed by atoms with Crippen LogP contribution in [0.15, 0.2) is 0 Å². The van der Waals surface area contributed by atoms with Gasteiger partial charge in [0.15, 0.2) is 0 Å². The van der Waals surface area contributed by atoms with Crippen molar-refractivity contribution < 1.29 is 19.4 Å². The van der Waals surface area contributed by atoms with Crippen LogP contribution in [0.1, 0.15) is 46.5 Å². The molecule has 5 heteroatoms. The predicted octanol–water partition coefficient (Wildman–Crippen LogP) is 2.40. The normalized spacial score (nSPS) is 30.4. The Morgan fingerprint density at radius 3 is 2.26 bits per heavy atom. The van der Waals surface area contributed by atoms with E-state index in [1.165, 1.54) is 12.8 Å². The van der Waals surface area contributed by atoms with Crippen LogP contribution in [0.5, 0.6) is 0 Å². The van der Waals surface area contributed by atoms with Crippen LogP contribution in [0.4, 0.5) is 4.79 Å². The minimum Gasteiger partial charge on any atom is -0.481 e. The molecule has 0 saturated heterocycles. The number of aliphatic carboxylic acids is 1. The molecule has 1 amide bonds. The molecule has 0 heterocycles. The lowest BCUT2D eigenvalue weighted by Gasteiger charge is -2.44. The van der Waals surface area contributed by atoms with E-state index in [0.717, 1.165) is 5.92 Å². The number of carbonyl (C=O) groups is 2. The smallest absolute Gasteiger partial charge is 0.407 e. The van der Waals surface area contributed by atoms with Crippen molar-refractivity contribution in [2.75, 3.05) is 6.54 Å². The summed E-state index contributed by atoms with van der Waals surface area (Å²) in [5, 5.41) is 12.0. The Bertz CT molecular complexity index is 375. The third-order valence-electron chi connectivity index (χ3n) is 4.02. The van der Waals surface area contributed by atoms with Crippen molar-refractivity contribution in [3.05, 3.63) is 0 Å². The van der Waals surface area contributed by atoms with E-state index in [1.54, 1.807) is 20.8 Å². The monoisotopic (exact) mass is 269 g/mol. The highest BCUT2D eigenvalue weighted by atomic mass is 16.6. The first-order valence-corrected chi connectivity index (χ1v) is 6.92. The zero-order valence-electron chi connectivity index (χ0n) is 11.9.